The Balaban J connectivity index is 5.56. The smallest absolute Gasteiger partial charge is 0.408 e. The van der Waals surface area contributed by atoms with Gasteiger partial charge < -0.3 is 20.1 Å². The van der Waals surface area contributed by atoms with Crippen LogP contribution in [0.5, 0.6) is 0 Å². The minimum absolute atomic E-state index is 0.0515. The van der Waals surface area contributed by atoms with Crippen molar-refractivity contribution in [3.8, 4) is 0 Å². The SMILES string of the molecule is C/C(=C\C(C(C)C)N(C)C(=O)C(NC(=O)OC(C)(C)C)C(C)(C)C)CO. The average molecular weight is 371 g/mol. The molecule has 0 aromatic rings. The lowest BCUT2D eigenvalue weighted by molar-refractivity contribution is -0.136. The maximum absolute atomic E-state index is 13.2. The fraction of sp³-hybridized carbons (Fsp3) is 0.800. The third-order valence-corrected chi connectivity index (χ3v) is 3.96. The van der Waals surface area contributed by atoms with Crippen molar-refractivity contribution >= 4 is 12.0 Å². The number of carbonyl (C=O) groups excluding carboxylic acids is 2. The van der Waals surface area contributed by atoms with Crippen LogP contribution in [0, 0.1) is 11.3 Å². The third-order valence-electron chi connectivity index (χ3n) is 3.96. The Labute approximate surface area is 159 Å². The molecule has 2 N–H and O–H groups in total. The molecule has 2 atom stereocenters. The van der Waals surface area contributed by atoms with Crippen LogP contribution in [0.15, 0.2) is 11.6 Å². The van der Waals surface area contributed by atoms with Gasteiger partial charge in [0.15, 0.2) is 0 Å². The lowest BCUT2D eigenvalue weighted by Gasteiger charge is -2.37. The zero-order valence-electron chi connectivity index (χ0n) is 18.1. The molecule has 0 aliphatic heterocycles. The molecule has 0 fully saturated rings. The predicted octanol–water partition coefficient (Wildman–Crippen LogP) is 3.35. The standard InChI is InChI=1S/C20H38N2O4/c1-13(2)15(11-14(3)12-23)22(10)17(24)16(19(4,5)6)21-18(25)26-20(7,8)9/h11,13,15-16,23H,12H2,1-10H3,(H,21,25)/b14-11+. The predicted molar refractivity (Wildman–Crippen MR) is 105 cm³/mol. The molecule has 0 bridgehead atoms. The minimum Gasteiger partial charge on any atom is -0.444 e. The first-order chi connectivity index (χ1) is 11.6. The maximum Gasteiger partial charge on any atom is 0.408 e. The van der Waals surface area contributed by atoms with Gasteiger partial charge >= 0.3 is 6.09 Å². The Morgan fingerprint density at radius 2 is 1.65 bits per heavy atom. The van der Waals surface area contributed by atoms with E-state index in [0.29, 0.717) is 0 Å². The number of hydrogen-bond acceptors (Lipinski definition) is 4. The lowest BCUT2D eigenvalue weighted by atomic mass is 9.85. The Morgan fingerprint density at radius 3 is 2.00 bits per heavy atom. The van der Waals surface area contributed by atoms with Crippen LogP contribution in [0.1, 0.15) is 62.3 Å². The normalized spacial score (nSPS) is 15.5. The number of nitrogens with zero attached hydrogens (tertiary/aromatic N) is 1. The van der Waals surface area contributed by atoms with Crippen LogP contribution in [0.4, 0.5) is 4.79 Å². The Bertz CT molecular complexity index is 513. The Kier molecular flexibility index (Phi) is 8.83. The first-order valence-electron chi connectivity index (χ1n) is 9.14. The van der Waals surface area contributed by atoms with Crippen molar-refractivity contribution < 1.29 is 19.4 Å². The van der Waals surface area contributed by atoms with Crippen molar-refractivity contribution in [1.82, 2.24) is 10.2 Å². The van der Waals surface area contributed by atoms with Gasteiger partial charge in [-0.1, -0.05) is 46.3 Å². The van der Waals surface area contributed by atoms with Gasteiger partial charge in [0, 0.05) is 7.05 Å². The van der Waals surface area contributed by atoms with E-state index in [1.165, 1.54) is 0 Å². The maximum atomic E-state index is 13.2. The molecule has 26 heavy (non-hydrogen) atoms. The van der Waals surface area contributed by atoms with Crippen molar-refractivity contribution in [3.63, 3.8) is 0 Å². The number of aliphatic hydroxyl groups excluding tert-OH is 1. The molecule has 0 aliphatic rings. The van der Waals surface area contributed by atoms with E-state index >= 15 is 0 Å². The van der Waals surface area contributed by atoms with Crippen LogP contribution in [0.25, 0.3) is 0 Å². The highest BCUT2D eigenvalue weighted by atomic mass is 16.6. The number of ether oxygens (including phenoxy) is 1. The van der Waals surface area contributed by atoms with Crippen molar-refractivity contribution in [2.24, 2.45) is 11.3 Å². The monoisotopic (exact) mass is 370 g/mol. The second-order valence-corrected chi connectivity index (χ2v) is 9.30. The molecule has 0 aliphatic carbocycles. The highest BCUT2D eigenvalue weighted by Crippen LogP contribution is 2.24. The van der Waals surface area contributed by atoms with Gasteiger partial charge in [-0.2, -0.15) is 0 Å². The van der Waals surface area contributed by atoms with Crippen LogP contribution >= 0.6 is 0 Å². The topological polar surface area (TPSA) is 78.9 Å². The fourth-order valence-electron chi connectivity index (χ4n) is 2.52. The van der Waals surface area contributed by atoms with Crippen molar-refractivity contribution in [2.75, 3.05) is 13.7 Å². The van der Waals surface area contributed by atoms with E-state index in [1.807, 2.05) is 47.6 Å². The zero-order valence-corrected chi connectivity index (χ0v) is 18.1. The summed E-state index contributed by atoms with van der Waals surface area (Å²) < 4.78 is 5.32. The lowest BCUT2D eigenvalue weighted by Crippen LogP contribution is -2.56. The van der Waals surface area contributed by atoms with Gasteiger partial charge in [-0.05, 0) is 39.0 Å². The Morgan fingerprint density at radius 1 is 1.15 bits per heavy atom. The number of hydrogen-bond donors (Lipinski definition) is 2. The van der Waals surface area contributed by atoms with Gasteiger partial charge in [0.2, 0.25) is 5.91 Å². The van der Waals surface area contributed by atoms with E-state index in [4.69, 9.17) is 4.74 Å². The van der Waals surface area contributed by atoms with Gasteiger partial charge in [-0.15, -0.1) is 0 Å². The summed E-state index contributed by atoms with van der Waals surface area (Å²) in [4.78, 5) is 27.0. The van der Waals surface area contributed by atoms with Crippen molar-refractivity contribution in [3.05, 3.63) is 11.6 Å². The average Bonchev–Trinajstić information content (AvgIpc) is 2.45. The quantitative estimate of drug-likeness (QED) is 0.703. The summed E-state index contributed by atoms with van der Waals surface area (Å²) in [5.74, 6) is -0.0309. The van der Waals surface area contributed by atoms with E-state index in [-0.39, 0.29) is 24.5 Å². The van der Waals surface area contributed by atoms with E-state index in [2.05, 4.69) is 5.32 Å². The van der Waals surface area contributed by atoms with Gasteiger partial charge in [-0.25, -0.2) is 4.79 Å². The number of aliphatic hydroxyl groups is 1. The Hall–Kier alpha value is -1.56. The third kappa shape index (κ3) is 8.21. The number of nitrogens with one attached hydrogen (secondary N) is 1. The number of likely N-dealkylation sites (N-methyl/N-ethyl adjacent to an activating group) is 1. The van der Waals surface area contributed by atoms with E-state index in [0.717, 1.165) is 5.57 Å². The fourth-order valence-corrected chi connectivity index (χ4v) is 2.52. The summed E-state index contributed by atoms with van der Waals surface area (Å²) in [5, 5.41) is 12.0. The molecule has 0 aromatic heterocycles. The van der Waals surface area contributed by atoms with Gasteiger partial charge in [0.05, 0.1) is 12.6 Å². The number of alkyl carbamates (subject to hydrolysis) is 1. The molecule has 0 heterocycles. The van der Waals surface area contributed by atoms with Gasteiger partial charge in [-0.3, -0.25) is 4.79 Å². The molecule has 0 saturated heterocycles. The molecular formula is C20H38N2O4. The second kappa shape index (κ2) is 9.40. The molecule has 0 aromatic carbocycles. The minimum atomic E-state index is -0.730. The molecule has 2 unspecified atom stereocenters. The van der Waals surface area contributed by atoms with Gasteiger partial charge in [0.1, 0.15) is 11.6 Å². The van der Waals surface area contributed by atoms with E-state index in [1.54, 1.807) is 32.7 Å². The molecule has 2 amide bonds. The van der Waals surface area contributed by atoms with Crippen LogP contribution in [0.3, 0.4) is 0 Å². The number of rotatable bonds is 6. The second-order valence-electron chi connectivity index (χ2n) is 9.30. The molecule has 6 nitrogen and oxygen atoms in total. The summed E-state index contributed by atoms with van der Waals surface area (Å²) in [5.41, 5.74) is -0.321. The summed E-state index contributed by atoms with van der Waals surface area (Å²) in [6, 6.07) is -0.911. The molecular weight excluding hydrogens is 332 g/mol. The number of carbonyl (C=O) groups is 2. The molecule has 0 saturated carbocycles. The largest absolute Gasteiger partial charge is 0.444 e. The zero-order chi connectivity index (χ0) is 20.9. The first-order valence-corrected chi connectivity index (χ1v) is 9.14. The van der Waals surface area contributed by atoms with Crippen LogP contribution < -0.4 is 5.32 Å². The summed E-state index contributed by atoms with van der Waals surface area (Å²) in [6.07, 6.45) is 1.29. The molecule has 6 heteroatoms. The molecule has 152 valence electrons. The van der Waals surface area contributed by atoms with E-state index in [9.17, 15) is 14.7 Å². The summed E-state index contributed by atoms with van der Waals surface area (Å²) >= 11 is 0. The van der Waals surface area contributed by atoms with Crippen molar-refractivity contribution in [2.45, 2.75) is 80.0 Å². The summed E-state index contributed by atoms with van der Waals surface area (Å²) in [7, 11) is 1.73. The highest BCUT2D eigenvalue weighted by molar-refractivity contribution is 5.86. The van der Waals surface area contributed by atoms with Crippen LogP contribution in [0.2, 0.25) is 0 Å². The first kappa shape index (κ1) is 24.4. The van der Waals surface area contributed by atoms with Crippen LogP contribution in [-0.2, 0) is 9.53 Å². The molecule has 0 spiro atoms. The van der Waals surface area contributed by atoms with E-state index < -0.39 is 23.2 Å². The molecule has 0 radical (unpaired) electrons. The summed E-state index contributed by atoms with van der Waals surface area (Å²) in [6.45, 7) is 16.9. The van der Waals surface area contributed by atoms with Crippen molar-refractivity contribution in [1.29, 1.82) is 0 Å². The molecule has 0 rings (SSSR count). The highest BCUT2D eigenvalue weighted by Gasteiger charge is 2.37. The van der Waals surface area contributed by atoms with Gasteiger partial charge in [0.25, 0.3) is 0 Å². The van der Waals surface area contributed by atoms with Crippen LogP contribution in [-0.4, -0.2) is 53.3 Å². The number of amides is 2.